The molecule has 31 heavy (non-hydrogen) atoms. The Labute approximate surface area is 179 Å². The van der Waals surface area contributed by atoms with Gasteiger partial charge in [-0.05, 0) is 30.0 Å². The number of carbonyl (C=O) groups excluding carboxylic acids is 4. The van der Waals surface area contributed by atoms with Gasteiger partial charge in [0.15, 0.2) is 0 Å². The minimum absolute atomic E-state index is 0.185. The Kier molecular flexibility index (Phi) is 5.70. The van der Waals surface area contributed by atoms with Gasteiger partial charge in [-0.25, -0.2) is 0 Å². The summed E-state index contributed by atoms with van der Waals surface area (Å²) in [4.78, 5) is 51.2. The van der Waals surface area contributed by atoms with Crippen molar-refractivity contribution in [3.8, 4) is 0 Å². The van der Waals surface area contributed by atoms with Crippen LogP contribution in [0.2, 0.25) is 0 Å². The first-order valence-corrected chi connectivity index (χ1v) is 10.3. The fourth-order valence-corrected chi connectivity index (χ4v) is 4.32. The Morgan fingerprint density at radius 1 is 1.06 bits per heavy atom. The molecule has 1 saturated heterocycles. The Morgan fingerprint density at radius 3 is 2.45 bits per heavy atom. The number of fused-ring (bicyclic) bond motifs is 1. The maximum Gasteiger partial charge on any atom is 0.250 e. The fraction of sp³-hybridized carbons (Fsp3) is 0.304. The molecule has 0 aliphatic carbocycles. The highest BCUT2D eigenvalue weighted by Crippen LogP contribution is 2.35. The molecule has 0 radical (unpaired) electrons. The largest absolute Gasteiger partial charge is 0.368 e. The van der Waals surface area contributed by atoms with Gasteiger partial charge in [0.05, 0.1) is 0 Å². The molecule has 4 rings (SSSR count). The number of nitrogens with one attached hydrogen (secondary N) is 2. The van der Waals surface area contributed by atoms with Crippen molar-refractivity contribution >= 4 is 29.3 Å². The normalized spacial score (nSPS) is 23.0. The third-order valence-corrected chi connectivity index (χ3v) is 5.81. The van der Waals surface area contributed by atoms with Crippen molar-refractivity contribution in [1.82, 2.24) is 10.6 Å². The number of para-hydroxylation sites is 1. The van der Waals surface area contributed by atoms with E-state index in [9.17, 15) is 19.2 Å². The van der Waals surface area contributed by atoms with Crippen LogP contribution >= 0.6 is 0 Å². The lowest BCUT2D eigenvalue weighted by Crippen LogP contribution is -2.55. The third-order valence-electron chi connectivity index (χ3n) is 5.81. The lowest BCUT2D eigenvalue weighted by molar-refractivity contribution is -0.130. The molecule has 0 aromatic heterocycles. The molecule has 0 saturated carbocycles. The SMILES string of the molecule is NC(=O)CN1C(=O)[C@H](NC(=O)[C@@H]2CCC(=O)N2)[C@H](c2ccccc2)Cc2ccccc21. The standard InChI is InChI=1S/C23H24N4O4/c24-19(28)13-27-18-9-5-4-8-15(18)12-16(14-6-2-1-3-7-14)21(23(27)31)26-22(30)17-10-11-20(29)25-17/h1-9,16-17,21H,10-13H2,(H2,24,28)(H,25,29)(H,26,30)/t16-,17-,21+/m0/s1. The highest BCUT2D eigenvalue weighted by Gasteiger charge is 2.40. The molecule has 2 aromatic rings. The van der Waals surface area contributed by atoms with Crippen LogP contribution in [0.1, 0.15) is 29.9 Å². The molecule has 1 fully saturated rings. The molecule has 2 aromatic carbocycles. The maximum absolute atomic E-state index is 13.7. The minimum atomic E-state index is -0.917. The molecule has 2 aliphatic heterocycles. The van der Waals surface area contributed by atoms with Gasteiger partial charge in [0, 0.05) is 18.0 Å². The number of rotatable bonds is 5. The first-order chi connectivity index (χ1) is 14.9. The van der Waals surface area contributed by atoms with Crippen LogP contribution in [0.3, 0.4) is 0 Å². The van der Waals surface area contributed by atoms with E-state index in [1.165, 1.54) is 4.90 Å². The fourth-order valence-electron chi connectivity index (χ4n) is 4.32. The molecular formula is C23H24N4O4. The van der Waals surface area contributed by atoms with Gasteiger partial charge >= 0.3 is 0 Å². The van der Waals surface area contributed by atoms with Crippen LogP contribution in [0.5, 0.6) is 0 Å². The van der Waals surface area contributed by atoms with Crippen molar-refractivity contribution < 1.29 is 19.2 Å². The average molecular weight is 420 g/mol. The summed E-state index contributed by atoms with van der Waals surface area (Å²) in [6, 6.07) is 15.3. The zero-order valence-electron chi connectivity index (χ0n) is 16.9. The molecule has 2 heterocycles. The van der Waals surface area contributed by atoms with Crippen LogP contribution in [0.4, 0.5) is 5.69 Å². The second-order valence-electron chi connectivity index (χ2n) is 7.89. The molecular weight excluding hydrogens is 396 g/mol. The summed E-state index contributed by atoms with van der Waals surface area (Å²) in [6.07, 6.45) is 1.15. The van der Waals surface area contributed by atoms with Crippen molar-refractivity contribution in [1.29, 1.82) is 0 Å². The molecule has 4 N–H and O–H groups in total. The van der Waals surface area contributed by atoms with E-state index in [4.69, 9.17) is 5.73 Å². The number of nitrogens with zero attached hydrogens (tertiary/aromatic N) is 1. The van der Waals surface area contributed by atoms with E-state index < -0.39 is 29.8 Å². The lowest BCUT2D eigenvalue weighted by Gasteiger charge is -2.29. The van der Waals surface area contributed by atoms with Crippen molar-refractivity contribution in [2.45, 2.75) is 37.3 Å². The summed E-state index contributed by atoms with van der Waals surface area (Å²) < 4.78 is 0. The maximum atomic E-state index is 13.7. The number of anilines is 1. The van der Waals surface area contributed by atoms with Crippen molar-refractivity contribution in [3.63, 3.8) is 0 Å². The molecule has 8 heteroatoms. The molecule has 4 amide bonds. The lowest BCUT2D eigenvalue weighted by atomic mass is 9.86. The Morgan fingerprint density at radius 2 is 1.77 bits per heavy atom. The summed E-state index contributed by atoms with van der Waals surface area (Å²) >= 11 is 0. The van der Waals surface area contributed by atoms with Crippen LogP contribution in [-0.4, -0.2) is 42.3 Å². The van der Waals surface area contributed by atoms with Gasteiger partial charge in [0.1, 0.15) is 18.6 Å². The smallest absolute Gasteiger partial charge is 0.250 e. The van der Waals surface area contributed by atoms with Crippen molar-refractivity contribution in [2.24, 2.45) is 5.73 Å². The summed E-state index contributed by atoms with van der Waals surface area (Å²) in [5, 5.41) is 5.50. The van der Waals surface area contributed by atoms with Gasteiger partial charge in [-0.1, -0.05) is 48.5 Å². The number of primary amides is 1. The Bertz CT molecular complexity index is 1020. The second kappa shape index (κ2) is 8.59. The molecule has 0 spiro atoms. The molecule has 0 unspecified atom stereocenters. The Balaban J connectivity index is 1.74. The topological polar surface area (TPSA) is 122 Å². The summed E-state index contributed by atoms with van der Waals surface area (Å²) in [5.41, 5.74) is 7.82. The summed E-state index contributed by atoms with van der Waals surface area (Å²) in [5.74, 6) is -2.00. The number of hydrogen-bond acceptors (Lipinski definition) is 4. The predicted molar refractivity (Wildman–Crippen MR) is 114 cm³/mol. The Hall–Kier alpha value is -3.68. The zero-order valence-corrected chi connectivity index (χ0v) is 16.9. The minimum Gasteiger partial charge on any atom is -0.368 e. The predicted octanol–water partition coefficient (Wildman–Crippen LogP) is 0.608. The highest BCUT2D eigenvalue weighted by atomic mass is 16.2. The number of carbonyl (C=O) groups is 4. The number of nitrogens with two attached hydrogens (primary N) is 1. The monoisotopic (exact) mass is 420 g/mol. The van der Waals surface area contributed by atoms with Gasteiger partial charge in [-0.3, -0.25) is 19.2 Å². The van der Waals surface area contributed by atoms with Gasteiger partial charge in [-0.2, -0.15) is 0 Å². The van der Waals surface area contributed by atoms with Gasteiger partial charge in [0.25, 0.3) is 5.91 Å². The number of amides is 4. The van der Waals surface area contributed by atoms with E-state index in [0.717, 1.165) is 11.1 Å². The first kappa shape index (κ1) is 20.6. The van der Waals surface area contributed by atoms with E-state index in [1.54, 1.807) is 12.1 Å². The quantitative estimate of drug-likeness (QED) is 0.656. The van der Waals surface area contributed by atoms with Crippen LogP contribution in [0.25, 0.3) is 0 Å². The summed E-state index contributed by atoms with van der Waals surface area (Å²) in [7, 11) is 0. The van der Waals surface area contributed by atoms with E-state index in [2.05, 4.69) is 10.6 Å². The van der Waals surface area contributed by atoms with E-state index >= 15 is 0 Å². The zero-order chi connectivity index (χ0) is 22.0. The molecule has 8 nitrogen and oxygen atoms in total. The molecule has 3 atom stereocenters. The van der Waals surface area contributed by atoms with E-state index in [0.29, 0.717) is 18.5 Å². The van der Waals surface area contributed by atoms with E-state index in [-0.39, 0.29) is 24.8 Å². The van der Waals surface area contributed by atoms with E-state index in [1.807, 2.05) is 42.5 Å². The number of hydrogen-bond donors (Lipinski definition) is 3. The molecule has 2 aliphatic rings. The third kappa shape index (κ3) is 4.28. The molecule has 0 bridgehead atoms. The van der Waals surface area contributed by atoms with Gasteiger partial charge in [0.2, 0.25) is 17.7 Å². The van der Waals surface area contributed by atoms with Crippen LogP contribution in [0.15, 0.2) is 54.6 Å². The van der Waals surface area contributed by atoms with Gasteiger partial charge in [-0.15, -0.1) is 0 Å². The van der Waals surface area contributed by atoms with Crippen molar-refractivity contribution in [2.75, 3.05) is 11.4 Å². The molecule has 160 valence electrons. The average Bonchev–Trinajstić information content (AvgIpc) is 3.17. The highest BCUT2D eigenvalue weighted by molar-refractivity contribution is 6.05. The summed E-state index contributed by atoms with van der Waals surface area (Å²) in [6.45, 7) is -0.288. The first-order valence-electron chi connectivity index (χ1n) is 10.3. The van der Waals surface area contributed by atoms with Crippen LogP contribution in [-0.2, 0) is 25.6 Å². The van der Waals surface area contributed by atoms with Crippen molar-refractivity contribution in [3.05, 3.63) is 65.7 Å². The van der Waals surface area contributed by atoms with Crippen LogP contribution in [0, 0.1) is 0 Å². The second-order valence-corrected chi connectivity index (χ2v) is 7.89. The number of benzene rings is 2. The van der Waals surface area contributed by atoms with Crippen LogP contribution < -0.4 is 21.3 Å². The van der Waals surface area contributed by atoms with Gasteiger partial charge < -0.3 is 21.3 Å².